The van der Waals surface area contributed by atoms with Gasteiger partial charge in [-0.3, -0.25) is 0 Å². The summed E-state index contributed by atoms with van der Waals surface area (Å²) in [6.45, 7) is 4.72. The van der Waals surface area contributed by atoms with Crippen LogP contribution in [0, 0.1) is 0 Å². The number of anilines is 1. The maximum atomic E-state index is 10.1. The lowest BCUT2D eigenvalue weighted by Gasteiger charge is -2.32. The van der Waals surface area contributed by atoms with Crippen molar-refractivity contribution in [1.82, 2.24) is 9.55 Å². The van der Waals surface area contributed by atoms with Crippen LogP contribution in [0.2, 0.25) is 0 Å². The van der Waals surface area contributed by atoms with Crippen LogP contribution in [0.3, 0.4) is 0 Å². The molecule has 0 unspecified atom stereocenters. The molecule has 1 atom stereocenters. The normalized spacial score (nSPS) is 16.2. The Labute approximate surface area is 113 Å². The molecule has 0 aliphatic carbocycles. The molecule has 4 heteroatoms. The van der Waals surface area contributed by atoms with E-state index >= 15 is 0 Å². The number of aliphatic hydroxyl groups is 1. The molecule has 0 amide bonds. The van der Waals surface area contributed by atoms with E-state index in [1.165, 1.54) is 0 Å². The van der Waals surface area contributed by atoms with Crippen LogP contribution in [0.25, 0.3) is 0 Å². The van der Waals surface area contributed by atoms with Gasteiger partial charge < -0.3 is 14.6 Å². The molecule has 0 radical (unpaired) electrons. The van der Waals surface area contributed by atoms with Crippen molar-refractivity contribution < 1.29 is 5.11 Å². The number of para-hydroxylation sites is 1. The number of imidazole rings is 1. The van der Waals surface area contributed by atoms with E-state index in [1.807, 2.05) is 37.5 Å². The van der Waals surface area contributed by atoms with Gasteiger partial charge in [-0.1, -0.05) is 25.1 Å². The predicted molar refractivity (Wildman–Crippen MR) is 75.0 cm³/mol. The highest BCUT2D eigenvalue weighted by molar-refractivity contribution is 5.55. The van der Waals surface area contributed by atoms with Crippen molar-refractivity contribution in [2.45, 2.75) is 32.5 Å². The first-order valence-corrected chi connectivity index (χ1v) is 6.81. The Hall–Kier alpha value is -1.81. The van der Waals surface area contributed by atoms with Crippen molar-refractivity contribution in [3.8, 4) is 0 Å². The first kappa shape index (κ1) is 12.2. The molecule has 1 aliphatic rings. The first-order valence-electron chi connectivity index (χ1n) is 6.81. The Kier molecular flexibility index (Phi) is 3.25. The molecule has 4 nitrogen and oxygen atoms in total. The fraction of sp³-hybridized carbons (Fsp3) is 0.400. The second-order valence-corrected chi connectivity index (χ2v) is 4.94. The van der Waals surface area contributed by atoms with Gasteiger partial charge >= 0.3 is 0 Å². The molecule has 0 fully saturated rings. The van der Waals surface area contributed by atoms with E-state index in [-0.39, 0.29) is 0 Å². The topological polar surface area (TPSA) is 41.3 Å². The van der Waals surface area contributed by atoms with Gasteiger partial charge in [0.05, 0.1) is 12.6 Å². The van der Waals surface area contributed by atoms with Gasteiger partial charge in [0.25, 0.3) is 0 Å². The lowest BCUT2D eigenvalue weighted by Crippen LogP contribution is -2.34. The van der Waals surface area contributed by atoms with Gasteiger partial charge in [-0.25, -0.2) is 4.98 Å². The summed E-state index contributed by atoms with van der Waals surface area (Å²) in [5, 5.41) is 10.1. The summed E-state index contributed by atoms with van der Waals surface area (Å²) in [7, 11) is 0. The van der Waals surface area contributed by atoms with Crippen LogP contribution in [-0.4, -0.2) is 21.2 Å². The van der Waals surface area contributed by atoms with Crippen molar-refractivity contribution in [3.63, 3.8) is 0 Å². The summed E-state index contributed by atoms with van der Waals surface area (Å²) in [6, 6.07) is 8.13. The summed E-state index contributed by atoms with van der Waals surface area (Å²) >= 11 is 0. The fourth-order valence-electron chi connectivity index (χ4n) is 2.66. The molecule has 2 aromatic rings. The second kappa shape index (κ2) is 5.05. The van der Waals surface area contributed by atoms with Crippen LogP contribution in [-0.2, 0) is 13.1 Å². The largest absolute Gasteiger partial charge is 0.388 e. The number of rotatable bonds is 3. The summed E-state index contributed by atoms with van der Waals surface area (Å²) in [4.78, 5) is 6.69. The Morgan fingerprint density at radius 1 is 1.32 bits per heavy atom. The molecule has 3 rings (SSSR count). The highest BCUT2D eigenvalue weighted by atomic mass is 16.3. The standard InChI is InChI=1S/C15H19N3O/c1-2-14(19)12-5-3-4-6-13(12)18-10-9-17-8-7-16-15(17)11-18/h3-8,14,19H,2,9-11H2,1H3/t14-/m0/s1. The van der Waals surface area contributed by atoms with Crippen molar-refractivity contribution in [3.05, 3.63) is 48.0 Å². The van der Waals surface area contributed by atoms with E-state index in [0.29, 0.717) is 0 Å². The van der Waals surface area contributed by atoms with Crippen molar-refractivity contribution in [2.24, 2.45) is 0 Å². The van der Waals surface area contributed by atoms with Gasteiger partial charge in [0, 0.05) is 36.7 Å². The fourth-order valence-corrected chi connectivity index (χ4v) is 2.66. The van der Waals surface area contributed by atoms with E-state index in [4.69, 9.17) is 0 Å². The molecular weight excluding hydrogens is 238 g/mol. The van der Waals surface area contributed by atoms with Crippen molar-refractivity contribution >= 4 is 5.69 Å². The summed E-state index contributed by atoms with van der Waals surface area (Å²) in [6.07, 6.45) is 4.22. The number of hydrogen-bond acceptors (Lipinski definition) is 3. The summed E-state index contributed by atoms with van der Waals surface area (Å²) in [5.41, 5.74) is 2.15. The Morgan fingerprint density at radius 2 is 2.16 bits per heavy atom. The van der Waals surface area contributed by atoms with E-state index in [0.717, 1.165) is 43.1 Å². The quantitative estimate of drug-likeness (QED) is 0.917. The minimum Gasteiger partial charge on any atom is -0.388 e. The maximum absolute atomic E-state index is 10.1. The lowest BCUT2D eigenvalue weighted by atomic mass is 10.0. The molecule has 2 heterocycles. The molecular formula is C15H19N3O. The zero-order valence-electron chi connectivity index (χ0n) is 11.2. The van der Waals surface area contributed by atoms with Crippen LogP contribution < -0.4 is 4.90 Å². The monoisotopic (exact) mass is 257 g/mol. The van der Waals surface area contributed by atoms with Gasteiger partial charge in [-0.2, -0.15) is 0 Å². The highest BCUT2D eigenvalue weighted by Gasteiger charge is 2.20. The number of hydrogen-bond donors (Lipinski definition) is 1. The second-order valence-electron chi connectivity index (χ2n) is 4.94. The minimum atomic E-state index is -0.391. The Morgan fingerprint density at radius 3 is 3.00 bits per heavy atom. The molecule has 100 valence electrons. The highest BCUT2D eigenvalue weighted by Crippen LogP contribution is 2.30. The van der Waals surface area contributed by atoms with E-state index in [2.05, 4.69) is 20.5 Å². The van der Waals surface area contributed by atoms with E-state index in [9.17, 15) is 5.11 Å². The van der Waals surface area contributed by atoms with E-state index in [1.54, 1.807) is 0 Å². The Bertz CT molecular complexity index is 564. The lowest BCUT2D eigenvalue weighted by molar-refractivity contribution is 0.174. The SMILES string of the molecule is CC[C@H](O)c1ccccc1N1CCn2ccnc2C1. The molecule has 0 saturated heterocycles. The van der Waals surface area contributed by atoms with Crippen molar-refractivity contribution in [1.29, 1.82) is 0 Å². The maximum Gasteiger partial charge on any atom is 0.128 e. The molecule has 0 spiro atoms. The van der Waals surface area contributed by atoms with Gasteiger partial charge in [0.15, 0.2) is 0 Å². The van der Waals surface area contributed by atoms with Crippen LogP contribution in [0.5, 0.6) is 0 Å². The van der Waals surface area contributed by atoms with Gasteiger partial charge in [0.1, 0.15) is 5.82 Å². The van der Waals surface area contributed by atoms with Crippen LogP contribution in [0.4, 0.5) is 5.69 Å². The number of nitrogens with zero attached hydrogens (tertiary/aromatic N) is 3. The van der Waals surface area contributed by atoms with Crippen LogP contribution >= 0.6 is 0 Å². The zero-order chi connectivity index (χ0) is 13.2. The van der Waals surface area contributed by atoms with Gasteiger partial charge in [-0.15, -0.1) is 0 Å². The van der Waals surface area contributed by atoms with E-state index < -0.39 is 6.10 Å². The first-order chi connectivity index (χ1) is 9.29. The van der Waals surface area contributed by atoms with Crippen LogP contribution in [0.1, 0.15) is 30.8 Å². The smallest absolute Gasteiger partial charge is 0.128 e. The molecule has 1 aliphatic heterocycles. The molecule has 1 aromatic heterocycles. The van der Waals surface area contributed by atoms with Gasteiger partial charge in [0.2, 0.25) is 0 Å². The molecule has 19 heavy (non-hydrogen) atoms. The molecule has 0 bridgehead atoms. The Balaban J connectivity index is 1.91. The van der Waals surface area contributed by atoms with Crippen molar-refractivity contribution in [2.75, 3.05) is 11.4 Å². The van der Waals surface area contributed by atoms with Gasteiger partial charge in [-0.05, 0) is 12.5 Å². The number of aliphatic hydroxyl groups excluding tert-OH is 1. The number of benzene rings is 1. The third kappa shape index (κ3) is 2.24. The average Bonchev–Trinajstić information content (AvgIpc) is 2.93. The molecule has 1 aromatic carbocycles. The predicted octanol–water partition coefficient (Wildman–Crippen LogP) is 2.35. The number of fused-ring (bicyclic) bond motifs is 1. The molecule has 1 N–H and O–H groups in total. The third-order valence-electron chi connectivity index (χ3n) is 3.77. The third-order valence-corrected chi connectivity index (χ3v) is 3.77. The van der Waals surface area contributed by atoms with Crippen LogP contribution in [0.15, 0.2) is 36.7 Å². The molecule has 0 saturated carbocycles. The minimum absolute atomic E-state index is 0.391. The summed E-state index contributed by atoms with van der Waals surface area (Å²) in [5.74, 6) is 1.09. The summed E-state index contributed by atoms with van der Waals surface area (Å²) < 4.78 is 2.19. The number of aromatic nitrogens is 2. The average molecular weight is 257 g/mol. The zero-order valence-corrected chi connectivity index (χ0v) is 11.2.